The van der Waals surface area contributed by atoms with E-state index in [4.69, 9.17) is 11.5 Å². The van der Waals surface area contributed by atoms with Crippen LogP contribution in [0.2, 0.25) is 0 Å². The van der Waals surface area contributed by atoms with Gasteiger partial charge in [-0.3, -0.25) is 0 Å². The third-order valence-electron chi connectivity index (χ3n) is 3.35. The lowest BCUT2D eigenvalue weighted by Crippen LogP contribution is -2.50. The summed E-state index contributed by atoms with van der Waals surface area (Å²) < 4.78 is 0. The van der Waals surface area contributed by atoms with Crippen molar-refractivity contribution < 1.29 is 0 Å². The molecule has 0 unspecified atom stereocenters. The Kier molecular flexibility index (Phi) is 4.24. The van der Waals surface area contributed by atoms with Gasteiger partial charge < -0.3 is 21.7 Å². The number of nitrogens with two attached hydrogens (primary N) is 2. The van der Waals surface area contributed by atoms with Crippen LogP contribution >= 0.6 is 0 Å². The summed E-state index contributed by atoms with van der Waals surface area (Å²) in [5, 5.41) is 3.37. The molecule has 0 aromatic rings. The Labute approximate surface area is 98.4 Å². The molecule has 1 aliphatic heterocycles. The lowest BCUT2D eigenvalue weighted by Gasteiger charge is -2.40. The first-order valence-electron chi connectivity index (χ1n) is 5.80. The molecule has 92 valence electrons. The third-order valence-corrected chi connectivity index (χ3v) is 3.35. The second kappa shape index (κ2) is 5.25. The van der Waals surface area contributed by atoms with Gasteiger partial charge in [-0.2, -0.15) is 0 Å². The van der Waals surface area contributed by atoms with Crippen molar-refractivity contribution in [2.75, 3.05) is 20.1 Å². The topological polar surface area (TPSA) is 67.3 Å². The van der Waals surface area contributed by atoms with Gasteiger partial charge in [0.2, 0.25) is 0 Å². The molecule has 4 nitrogen and oxygen atoms in total. The van der Waals surface area contributed by atoms with Gasteiger partial charge in [-0.05, 0) is 45.9 Å². The zero-order valence-corrected chi connectivity index (χ0v) is 10.6. The fraction of sp³-hybridized carbons (Fsp3) is 0.667. The van der Waals surface area contributed by atoms with Crippen molar-refractivity contribution in [3.05, 3.63) is 23.7 Å². The van der Waals surface area contributed by atoms with Crippen LogP contribution in [-0.2, 0) is 0 Å². The number of hydrogen-bond donors (Lipinski definition) is 3. The van der Waals surface area contributed by atoms with Crippen LogP contribution in [0, 0.1) is 0 Å². The average molecular weight is 224 g/mol. The molecule has 0 bridgehead atoms. The zero-order chi connectivity index (χ0) is 12.2. The first-order chi connectivity index (χ1) is 7.47. The van der Waals surface area contributed by atoms with Crippen LogP contribution < -0.4 is 16.8 Å². The number of nitrogens with zero attached hydrogens (tertiary/aromatic N) is 1. The van der Waals surface area contributed by atoms with E-state index in [1.807, 2.05) is 26.1 Å². The second-order valence-corrected chi connectivity index (χ2v) is 4.80. The molecule has 16 heavy (non-hydrogen) atoms. The summed E-state index contributed by atoms with van der Waals surface area (Å²) in [7, 11) is 2.02. The lowest BCUT2D eigenvalue weighted by atomic mass is 9.90. The number of hydrogen-bond acceptors (Lipinski definition) is 4. The number of allylic oxidation sites excluding steroid dienone is 3. The fourth-order valence-corrected chi connectivity index (χ4v) is 1.83. The predicted molar refractivity (Wildman–Crippen MR) is 68.5 cm³/mol. The Bertz CT molecular complexity index is 281. The molecule has 0 atom stereocenters. The normalized spacial score (nSPS) is 22.3. The van der Waals surface area contributed by atoms with Crippen molar-refractivity contribution in [2.45, 2.75) is 32.2 Å². The van der Waals surface area contributed by atoms with Gasteiger partial charge in [0.05, 0.1) is 5.82 Å². The maximum Gasteiger partial charge on any atom is 0.0987 e. The van der Waals surface area contributed by atoms with Crippen LogP contribution in [0.4, 0.5) is 0 Å². The standard InChI is InChI=1S/C12H24N4/c1-10(13)4-5-11(14)16-8-6-12(2,15-3)7-9-16/h4-5,15H,6-9,13-14H2,1-3H3/b10-4-,11-5+. The molecule has 0 aromatic carbocycles. The van der Waals surface area contributed by atoms with E-state index in [-0.39, 0.29) is 5.54 Å². The largest absolute Gasteiger partial charge is 0.402 e. The second-order valence-electron chi connectivity index (χ2n) is 4.80. The van der Waals surface area contributed by atoms with Crippen LogP contribution in [0.15, 0.2) is 23.7 Å². The van der Waals surface area contributed by atoms with Crippen molar-refractivity contribution >= 4 is 0 Å². The monoisotopic (exact) mass is 224 g/mol. The summed E-state index contributed by atoms with van der Waals surface area (Å²) >= 11 is 0. The molecule has 1 heterocycles. The van der Waals surface area contributed by atoms with Crippen molar-refractivity contribution in [3.8, 4) is 0 Å². The zero-order valence-electron chi connectivity index (χ0n) is 10.6. The smallest absolute Gasteiger partial charge is 0.0987 e. The van der Waals surface area contributed by atoms with E-state index < -0.39 is 0 Å². The molecule has 0 aliphatic carbocycles. The van der Waals surface area contributed by atoms with Gasteiger partial charge in [0.1, 0.15) is 0 Å². The summed E-state index contributed by atoms with van der Waals surface area (Å²) in [6.45, 7) is 6.11. The van der Waals surface area contributed by atoms with E-state index >= 15 is 0 Å². The molecular weight excluding hydrogens is 200 g/mol. The van der Waals surface area contributed by atoms with E-state index in [9.17, 15) is 0 Å². The van der Waals surface area contributed by atoms with Crippen molar-refractivity contribution in [3.63, 3.8) is 0 Å². The Hall–Kier alpha value is -1.16. The van der Waals surface area contributed by atoms with Crippen LogP contribution in [0.25, 0.3) is 0 Å². The molecule has 0 saturated carbocycles. The lowest BCUT2D eigenvalue weighted by molar-refractivity contribution is 0.183. The highest BCUT2D eigenvalue weighted by Gasteiger charge is 2.28. The Morgan fingerprint density at radius 2 is 1.81 bits per heavy atom. The van der Waals surface area contributed by atoms with Gasteiger partial charge >= 0.3 is 0 Å². The minimum atomic E-state index is 0.260. The SMILES string of the molecule is CNC1(C)CCN(/C(N)=C/C=C(/C)N)CC1. The Balaban J connectivity index is 2.54. The molecular formula is C12H24N4. The summed E-state index contributed by atoms with van der Waals surface area (Å²) in [6, 6.07) is 0. The van der Waals surface area contributed by atoms with E-state index in [1.165, 1.54) is 0 Å². The first kappa shape index (κ1) is 12.9. The molecule has 0 spiro atoms. The van der Waals surface area contributed by atoms with Gasteiger partial charge in [0.15, 0.2) is 0 Å². The number of nitrogens with one attached hydrogen (secondary N) is 1. The summed E-state index contributed by atoms with van der Waals surface area (Å²) in [6.07, 6.45) is 5.96. The maximum absolute atomic E-state index is 5.99. The molecule has 1 aliphatic rings. The van der Waals surface area contributed by atoms with Gasteiger partial charge in [-0.15, -0.1) is 0 Å². The predicted octanol–water partition coefficient (Wildman–Crippen LogP) is 0.723. The third kappa shape index (κ3) is 3.45. The van der Waals surface area contributed by atoms with Crippen molar-refractivity contribution in [1.29, 1.82) is 0 Å². The van der Waals surface area contributed by atoms with Gasteiger partial charge in [-0.1, -0.05) is 0 Å². The van der Waals surface area contributed by atoms with E-state index in [0.29, 0.717) is 0 Å². The summed E-state index contributed by atoms with van der Waals surface area (Å²) in [4.78, 5) is 2.21. The highest BCUT2D eigenvalue weighted by Crippen LogP contribution is 2.22. The Morgan fingerprint density at radius 3 is 2.25 bits per heavy atom. The van der Waals surface area contributed by atoms with E-state index in [2.05, 4.69) is 17.1 Å². The van der Waals surface area contributed by atoms with Crippen LogP contribution in [0.5, 0.6) is 0 Å². The number of piperidine rings is 1. The number of rotatable bonds is 3. The molecule has 4 heteroatoms. The highest BCUT2D eigenvalue weighted by atomic mass is 15.2. The minimum Gasteiger partial charge on any atom is -0.402 e. The first-order valence-corrected chi connectivity index (χ1v) is 5.80. The molecule has 0 aromatic heterocycles. The number of likely N-dealkylation sites (tertiary alicyclic amines) is 1. The maximum atomic E-state index is 5.99. The molecule has 0 amide bonds. The van der Waals surface area contributed by atoms with Gasteiger partial charge in [0.25, 0.3) is 0 Å². The van der Waals surface area contributed by atoms with Crippen molar-refractivity contribution in [1.82, 2.24) is 10.2 Å². The molecule has 1 saturated heterocycles. The van der Waals surface area contributed by atoms with Crippen molar-refractivity contribution in [2.24, 2.45) is 11.5 Å². The van der Waals surface area contributed by atoms with E-state index in [0.717, 1.165) is 37.4 Å². The fourth-order valence-electron chi connectivity index (χ4n) is 1.83. The van der Waals surface area contributed by atoms with Gasteiger partial charge in [0, 0.05) is 24.3 Å². The average Bonchev–Trinajstić information content (AvgIpc) is 2.27. The van der Waals surface area contributed by atoms with Crippen LogP contribution in [-0.4, -0.2) is 30.6 Å². The molecule has 1 fully saturated rings. The molecule has 0 radical (unpaired) electrons. The molecule has 1 rings (SSSR count). The van der Waals surface area contributed by atoms with Gasteiger partial charge in [-0.25, -0.2) is 0 Å². The summed E-state index contributed by atoms with van der Waals surface area (Å²) in [5.74, 6) is 0.808. The van der Waals surface area contributed by atoms with E-state index in [1.54, 1.807) is 0 Å². The summed E-state index contributed by atoms with van der Waals surface area (Å²) in [5.41, 5.74) is 12.6. The van der Waals surface area contributed by atoms with Crippen LogP contribution in [0.3, 0.4) is 0 Å². The van der Waals surface area contributed by atoms with Crippen LogP contribution in [0.1, 0.15) is 26.7 Å². The highest BCUT2D eigenvalue weighted by molar-refractivity contribution is 5.13. The Morgan fingerprint density at radius 1 is 1.25 bits per heavy atom. The molecule has 5 N–H and O–H groups in total. The quantitative estimate of drug-likeness (QED) is 0.618. The minimum absolute atomic E-state index is 0.260.